The number of carbonyl (C=O) groups excluding carboxylic acids is 2. The predicted molar refractivity (Wildman–Crippen MR) is 384 cm³/mol. The average Bonchev–Trinajstić information content (AvgIpc) is 0.997. The third-order valence-electron chi connectivity index (χ3n) is 18.5. The fourth-order valence-corrected chi connectivity index (χ4v) is 15.5. The zero-order chi connectivity index (χ0) is 74.6. The lowest BCUT2D eigenvalue weighted by atomic mass is 10.0. The summed E-state index contributed by atoms with van der Waals surface area (Å²) in [7, 11) is 1.52. The van der Waals surface area contributed by atoms with Crippen molar-refractivity contribution >= 4 is 70.8 Å². The lowest BCUT2D eigenvalue weighted by Crippen LogP contribution is -2.52. The number of nitrogens with zero attached hydrogens (tertiary/aromatic N) is 10. The Morgan fingerprint density at radius 1 is 0.471 bits per heavy atom. The quantitative estimate of drug-likeness (QED) is 0.0343. The van der Waals surface area contributed by atoms with Crippen molar-refractivity contribution < 1.29 is 81.9 Å². The maximum absolute atomic E-state index is 17.2. The Balaban J connectivity index is 1.18. The molecule has 1 saturated carbocycles. The first-order valence-electron chi connectivity index (χ1n) is 33.1. The van der Waals surface area contributed by atoms with E-state index < -0.39 is 85.1 Å². The zero-order valence-electron chi connectivity index (χ0n) is 58.9. The predicted octanol–water partition coefficient (Wildman–Crippen LogP) is 12.8. The molecular formula is C73H79BrF4N10O14S2. The number of pyridine rings is 4. The highest BCUT2D eigenvalue weighted by molar-refractivity contribution is 9.10. The topological polar surface area (TPSA) is 247 Å². The molecule has 0 radical (unpaired) electrons. The van der Waals surface area contributed by atoms with Gasteiger partial charge in [0.2, 0.25) is 0 Å². The van der Waals surface area contributed by atoms with Crippen molar-refractivity contribution in [2.75, 3.05) is 103 Å². The lowest BCUT2D eigenvalue weighted by molar-refractivity contribution is -0.0228. The van der Waals surface area contributed by atoms with Crippen LogP contribution in [0.4, 0.5) is 40.6 Å². The molecule has 2 saturated heterocycles. The van der Waals surface area contributed by atoms with E-state index in [1.54, 1.807) is 97.6 Å². The molecule has 4 aromatic carbocycles. The molecule has 6 heterocycles. The van der Waals surface area contributed by atoms with Gasteiger partial charge in [0, 0.05) is 159 Å². The summed E-state index contributed by atoms with van der Waals surface area (Å²) in [6.45, 7) is 0.690. The number of hydrogen-bond acceptors (Lipinski definition) is 20. The Hall–Kier alpha value is -9.56. The Morgan fingerprint density at radius 3 is 1.12 bits per heavy atom. The number of aryl methyl sites for hydroxylation is 2. The van der Waals surface area contributed by atoms with Crippen LogP contribution in [-0.2, 0) is 46.2 Å². The summed E-state index contributed by atoms with van der Waals surface area (Å²) < 4.78 is 173. The number of piperidine rings is 2. The molecule has 1 aliphatic carbocycles. The van der Waals surface area contributed by atoms with E-state index in [4.69, 9.17) is 47.9 Å². The maximum Gasteiger partial charge on any atom is 0.281 e. The number of benzene rings is 4. The van der Waals surface area contributed by atoms with Crippen LogP contribution < -0.4 is 57.7 Å². The minimum Gasteiger partial charge on any atom is -0.497 e. The van der Waals surface area contributed by atoms with Crippen LogP contribution in [0.5, 0.6) is 46.0 Å². The van der Waals surface area contributed by atoms with E-state index in [1.165, 1.54) is 80.0 Å². The Kier molecular flexibility index (Phi) is 22.8. The third-order valence-corrected chi connectivity index (χ3v) is 22.7. The molecule has 0 bridgehead atoms. The molecule has 2 aliphatic heterocycles. The number of amides is 2. The summed E-state index contributed by atoms with van der Waals surface area (Å²) in [4.78, 5) is 56.1. The summed E-state index contributed by atoms with van der Waals surface area (Å²) >= 11 is 3.55. The number of ether oxygens (including phenoxy) is 8. The molecule has 0 spiro atoms. The molecule has 0 atom stereocenters. The van der Waals surface area contributed by atoms with E-state index in [1.807, 2.05) is 0 Å². The average molecular weight is 1540 g/mol. The molecule has 8 aromatic rings. The van der Waals surface area contributed by atoms with Crippen molar-refractivity contribution in [3.8, 4) is 46.0 Å². The van der Waals surface area contributed by atoms with Crippen molar-refractivity contribution in [3.63, 3.8) is 0 Å². The highest BCUT2D eigenvalue weighted by Gasteiger charge is 2.43. The summed E-state index contributed by atoms with van der Waals surface area (Å²) in [5.41, 5.74) is 1.63. The van der Waals surface area contributed by atoms with Gasteiger partial charge in [-0.1, -0.05) is 24.3 Å². The van der Waals surface area contributed by atoms with Gasteiger partial charge in [-0.05, 0) is 103 Å². The summed E-state index contributed by atoms with van der Waals surface area (Å²) in [5.74, 6) is -6.01. The zero-order valence-corrected chi connectivity index (χ0v) is 62.1. The van der Waals surface area contributed by atoms with E-state index in [0.29, 0.717) is 75.0 Å². The van der Waals surface area contributed by atoms with Crippen LogP contribution >= 0.6 is 15.9 Å². The van der Waals surface area contributed by atoms with E-state index in [2.05, 4.69) is 25.9 Å². The number of anilines is 4. The van der Waals surface area contributed by atoms with Crippen LogP contribution in [0.3, 0.4) is 0 Å². The first-order chi connectivity index (χ1) is 49.7. The highest BCUT2D eigenvalue weighted by atomic mass is 79.9. The van der Waals surface area contributed by atoms with Crippen molar-refractivity contribution in [1.29, 1.82) is 0 Å². The summed E-state index contributed by atoms with van der Waals surface area (Å²) in [6, 6.07) is 26.9. The van der Waals surface area contributed by atoms with Crippen molar-refractivity contribution in [2.45, 2.75) is 106 Å². The standard InChI is InChI=1S/C73H79BrF4N10O14S2/c1-45-58(47-11-12-47)39-59(68(81-45)83-29-23-72(75,76)24-30-83)70(89)87(52-21-27-79-66(33-52)103(91,92)85(41-48-13-17-54(95-3)35-62(48)99-7)42-49-14-18-55(96-4)36-63(49)100-8)88(71(90)60-40-61(74)46(2)82-69(60)84-31-25-73(77,78)26-32-84)53-22-28-80-67(34-53)104(93,94)86(43-50-15-19-56(97-5)37-64(50)101-9)44-51-16-20-57(98-6)38-65(51)102-10/h13-22,27-28,33-40,47H,11-12,23-26,29-32,41-44H2,1-10H3. The number of hydrazine groups is 1. The van der Waals surface area contributed by atoms with Gasteiger partial charge in [-0.2, -0.15) is 8.61 Å². The molecule has 552 valence electrons. The monoisotopic (exact) mass is 1540 g/mol. The largest absolute Gasteiger partial charge is 0.497 e. The number of hydrogen-bond donors (Lipinski definition) is 0. The van der Waals surface area contributed by atoms with Gasteiger partial charge in [0.15, 0.2) is 10.1 Å². The Morgan fingerprint density at radius 2 is 0.798 bits per heavy atom. The van der Waals surface area contributed by atoms with Crippen LogP contribution in [0.2, 0.25) is 0 Å². The van der Waals surface area contributed by atoms with Gasteiger partial charge < -0.3 is 47.7 Å². The molecule has 31 heteroatoms. The molecule has 3 fully saturated rings. The van der Waals surface area contributed by atoms with Crippen LogP contribution in [-0.4, -0.2) is 152 Å². The fraction of sp³-hybridized carbons (Fsp3) is 0.370. The lowest BCUT2D eigenvalue weighted by Gasteiger charge is -2.38. The first-order valence-corrected chi connectivity index (χ1v) is 36.7. The second-order valence-electron chi connectivity index (χ2n) is 25.1. The van der Waals surface area contributed by atoms with Gasteiger partial charge >= 0.3 is 0 Å². The minimum absolute atomic E-state index is 0.0500. The van der Waals surface area contributed by atoms with Crippen molar-refractivity contribution in [2.24, 2.45) is 0 Å². The van der Waals surface area contributed by atoms with Crippen molar-refractivity contribution in [1.82, 2.24) is 28.5 Å². The molecule has 0 N–H and O–H groups in total. The molecule has 3 aliphatic rings. The minimum atomic E-state index is -4.98. The van der Waals surface area contributed by atoms with Crippen LogP contribution in [0.15, 0.2) is 136 Å². The van der Waals surface area contributed by atoms with Gasteiger partial charge in [-0.25, -0.2) is 64.4 Å². The second kappa shape index (κ2) is 31.4. The molecular weight excluding hydrogens is 1460 g/mol. The Bertz CT molecular complexity index is 4640. The van der Waals surface area contributed by atoms with Crippen LogP contribution in [0.25, 0.3) is 0 Å². The number of alkyl halides is 4. The van der Waals surface area contributed by atoms with Gasteiger partial charge in [-0.3, -0.25) is 9.59 Å². The number of carbonyl (C=O) groups is 2. The van der Waals surface area contributed by atoms with Gasteiger partial charge in [-0.15, -0.1) is 0 Å². The van der Waals surface area contributed by atoms with Gasteiger partial charge in [0.05, 0.1) is 85.1 Å². The number of rotatable bonds is 27. The molecule has 4 aromatic heterocycles. The molecule has 0 unspecified atom stereocenters. The maximum atomic E-state index is 17.2. The number of aromatic nitrogens is 4. The normalized spacial score (nSPS) is 15.1. The van der Waals surface area contributed by atoms with Gasteiger partial charge in [0.1, 0.15) is 57.6 Å². The van der Waals surface area contributed by atoms with E-state index in [0.717, 1.165) is 43.2 Å². The first kappa shape index (κ1) is 75.6. The van der Waals surface area contributed by atoms with Gasteiger partial charge in [0.25, 0.3) is 43.7 Å². The van der Waals surface area contributed by atoms with E-state index in [9.17, 15) is 0 Å². The smallest absolute Gasteiger partial charge is 0.281 e. The highest BCUT2D eigenvalue weighted by Crippen LogP contribution is 2.45. The van der Waals surface area contributed by atoms with Crippen molar-refractivity contribution in [3.05, 3.63) is 176 Å². The third kappa shape index (κ3) is 16.3. The molecule has 2 amide bonds. The summed E-state index contributed by atoms with van der Waals surface area (Å²) in [5, 5.41) is 0.283. The molecule has 24 nitrogen and oxygen atoms in total. The number of methoxy groups -OCH3 is 8. The Labute approximate surface area is 609 Å². The SMILES string of the molecule is COc1ccc(CN(Cc2ccc(OC)cc2OC)S(=O)(=O)c2cc(N(C(=O)c3cc(Br)c(C)nc3N3CCC(F)(F)CC3)N(C(=O)c3cc(C4CC4)c(C)nc3N3CCC(F)(F)CC3)c3ccnc(S(=O)(=O)N(Cc4ccc(OC)cc4OC)Cc4ccc(OC)cc4OC)c3)ccn2)c(OC)c1. The number of sulfonamides is 2. The number of halogens is 5. The molecule has 11 rings (SSSR count). The second-order valence-corrected chi connectivity index (χ2v) is 29.7. The van der Waals surface area contributed by atoms with Crippen LogP contribution in [0, 0.1) is 13.8 Å². The fourth-order valence-electron chi connectivity index (χ4n) is 12.5. The van der Waals surface area contributed by atoms with E-state index >= 15 is 44.0 Å². The summed E-state index contributed by atoms with van der Waals surface area (Å²) in [6.07, 6.45) is 1.12. The van der Waals surface area contributed by atoms with Crippen LogP contribution in [0.1, 0.15) is 104 Å². The van der Waals surface area contributed by atoms with E-state index in [-0.39, 0.29) is 114 Å². The molecule has 104 heavy (non-hydrogen) atoms.